The first-order valence-electron chi connectivity index (χ1n) is 6.22. The van der Waals surface area contributed by atoms with Crippen LogP contribution in [-0.4, -0.2) is 16.5 Å². The van der Waals surface area contributed by atoms with Crippen LogP contribution in [0, 0.1) is 0 Å². The molecule has 2 heterocycles. The number of fused-ring (bicyclic) bond motifs is 1. The fourth-order valence-electron chi connectivity index (χ4n) is 2.33. The summed E-state index contributed by atoms with van der Waals surface area (Å²) in [6, 6.07) is 2.01. The van der Waals surface area contributed by atoms with Gasteiger partial charge >= 0.3 is 0 Å². The summed E-state index contributed by atoms with van der Waals surface area (Å²) >= 11 is 1.54. The van der Waals surface area contributed by atoms with E-state index in [4.69, 9.17) is 0 Å². The fraction of sp³-hybridized carbons (Fsp3) is 0.385. The van der Waals surface area contributed by atoms with E-state index in [-0.39, 0.29) is 5.56 Å². The zero-order valence-electron chi connectivity index (χ0n) is 10.2. The van der Waals surface area contributed by atoms with Crippen LogP contribution in [0.5, 0.6) is 0 Å². The Morgan fingerprint density at radius 1 is 1.50 bits per heavy atom. The third-order valence-electron chi connectivity index (χ3n) is 3.20. The summed E-state index contributed by atoms with van der Waals surface area (Å²) in [5, 5.41) is 5.97. The third kappa shape index (κ3) is 1.95. The van der Waals surface area contributed by atoms with Crippen LogP contribution in [0.15, 0.2) is 16.2 Å². The van der Waals surface area contributed by atoms with Crippen LogP contribution in [0.2, 0.25) is 0 Å². The smallest absolute Gasteiger partial charge is 0.257 e. The quantitative estimate of drug-likeness (QED) is 0.892. The molecule has 3 rings (SSSR count). The Morgan fingerprint density at radius 3 is 3.22 bits per heavy atom. The summed E-state index contributed by atoms with van der Waals surface area (Å²) in [5.41, 5.74) is 3.81. The first kappa shape index (κ1) is 11.5. The van der Waals surface area contributed by atoms with Gasteiger partial charge in [0.05, 0.1) is 11.3 Å². The van der Waals surface area contributed by atoms with Crippen molar-refractivity contribution in [1.29, 1.82) is 0 Å². The van der Waals surface area contributed by atoms with E-state index in [0.29, 0.717) is 5.56 Å². The van der Waals surface area contributed by atoms with E-state index in [1.165, 1.54) is 16.9 Å². The lowest BCUT2D eigenvalue weighted by Gasteiger charge is -2.01. The van der Waals surface area contributed by atoms with E-state index < -0.39 is 0 Å². The van der Waals surface area contributed by atoms with Crippen molar-refractivity contribution in [3.8, 4) is 11.3 Å². The van der Waals surface area contributed by atoms with E-state index in [1.54, 1.807) is 0 Å². The lowest BCUT2D eigenvalue weighted by atomic mass is 10.1. The molecule has 1 aliphatic rings. The second-order valence-electron chi connectivity index (χ2n) is 4.44. The highest BCUT2D eigenvalue weighted by atomic mass is 32.1. The van der Waals surface area contributed by atoms with Crippen LogP contribution in [0.1, 0.15) is 24.6 Å². The number of nitrogens with zero attached hydrogens (tertiary/aromatic N) is 1. The molecule has 0 atom stereocenters. The number of H-pyrrole nitrogens is 1. The number of rotatable bonds is 3. The van der Waals surface area contributed by atoms with E-state index in [9.17, 15) is 4.79 Å². The molecule has 0 aromatic carbocycles. The zero-order chi connectivity index (χ0) is 12.5. The van der Waals surface area contributed by atoms with Crippen LogP contribution >= 0.6 is 11.3 Å². The number of anilines is 1. The highest BCUT2D eigenvalue weighted by Crippen LogP contribution is 2.26. The molecule has 0 bridgehead atoms. The highest BCUT2D eigenvalue weighted by Gasteiger charge is 2.16. The Morgan fingerprint density at radius 2 is 2.39 bits per heavy atom. The molecule has 5 heteroatoms. The molecule has 0 saturated carbocycles. The van der Waals surface area contributed by atoms with Gasteiger partial charge in [-0.2, -0.15) is 0 Å². The average Bonchev–Trinajstić information content (AvgIpc) is 2.96. The number of hydrogen-bond acceptors (Lipinski definition) is 4. The maximum Gasteiger partial charge on any atom is 0.257 e. The Labute approximate surface area is 109 Å². The van der Waals surface area contributed by atoms with E-state index in [0.717, 1.165) is 42.3 Å². The number of thiazole rings is 1. The Hall–Kier alpha value is -1.62. The molecule has 2 aromatic rings. The van der Waals surface area contributed by atoms with Gasteiger partial charge in [0.1, 0.15) is 0 Å². The van der Waals surface area contributed by atoms with Crippen molar-refractivity contribution in [3.05, 3.63) is 33.1 Å². The van der Waals surface area contributed by atoms with Crippen molar-refractivity contribution in [1.82, 2.24) is 9.97 Å². The van der Waals surface area contributed by atoms with Crippen molar-refractivity contribution in [2.45, 2.75) is 26.2 Å². The second kappa shape index (κ2) is 4.57. The molecule has 2 N–H and O–H groups in total. The molecule has 0 amide bonds. The molecule has 94 valence electrons. The minimum atomic E-state index is -0.0241. The molecule has 1 aliphatic carbocycles. The topological polar surface area (TPSA) is 57.8 Å². The van der Waals surface area contributed by atoms with Crippen molar-refractivity contribution >= 4 is 16.5 Å². The molecule has 0 saturated heterocycles. The molecular formula is C13H15N3OS. The Bertz CT molecular complexity index is 629. The fourth-order valence-corrected chi connectivity index (χ4v) is 3.12. The SMILES string of the molecule is CCNc1nc(-c2cc3c([nH]c2=O)CCC3)cs1. The van der Waals surface area contributed by atoms with Crippen molar-refractivity contribution in [3.63, 3.8) is 0 Å². The maximum absolute atomic E-state index is 12.0. The molecule has 0 spiro atoms. The minimum Gasteiger partial charge on any atom is -0.362 e. The minimum absolute atomic E-state index is 0.0241. The van der Waals surface area contributed by atoms with Gasteiger partial charge in [-0.3, -0.25) is 4.79 Å². The van der Waals surface area contributed by atoms with Gasteiger partial charge in [0.2, 0.25) is 0 Å². The lowest BCUT2D eigenvalue weighted by molar-refractivity contribution is 0.897. The van der Waals surface area contributed by atoms with Crippen LogP contribution in [0.25, 0.3) is 11.3 Å². The van der Waals surface area contributed by atoms with Crippen LogP contribution in [0.4, 0.5) is 5.13 Å². The van der Waals surface area contributed by atoms with Crippen molar-refractivity contribution in [2.75, 3.05) is 11.9 Å². The van der Waals surface area contributed by atoms with E-state index >= 15 is 0 Å². The van der Waals surface area contributed by atoms with Crippen molar-refractivity contribution in [2.24, 2.45) is 0 Å². The molecular weight excluding hydrogens is 246 g/mol. The molecule has 18 heavy (non-hydrogen) atoms. The number of nitrogens with one attached hydrogen (secondary N) is 2. The second-order valence-corrected chi connectivity index (χ2v) is 5.30. The predicted octanol–water partition coefficient (Wildman–Crippen LogP) is 2.42. The number of hydrogen-bond donors (Lipinski definition) is 2. The highest BCUT2D eigenvalue weighted by molar-refractivity contribution is 7.14. The summed E-state index contributed by atoms with van der Waals surface area (Å²) in [7, 11) is 0. The van der Waals surface area contributed by atoms with Crippen LogP contribution < -0.4 is 10.9 Å². The first-order chi connectivity index (χ1) is 8.78. The first-order valence-corrected chi connectivity index (χ1v) is 7.10. The third-order valence-corrected chi connectivity index (χ3v) is 4.00. The largest absolute Gasteiger partial charge is 0.362 e. The van der Waals surface area contributed by atoms with E-state index in [2.05, 4.69) is 15.3 Å². The molecule has 0 aliphatic heterocycles. The van der Waals surface area contributed by atoms with Gasteiger partial charge in [-0.1, -0.05) is 0 Å². The summed E-state index contributed by atoms with van der Waals surface area (Å²) < 4.78 is 0. The van der Waals surface area contributed by atoms with Gasteiger partial charge < -0.3 is 10.3 Å². The molecule has 2 aromatic heterocycles. The van der Waals surface area contributed by atoms with Gasteiger partial charge in [0, 0.05) is 17.6 Å². The zero-order valence-corrected chi connectivity index (χ0v) is 11.1. The number of aromatic amines is 1. The normalized spacial score (nSPS) is 13.6. The summed E-state index contributed by atoms with van der Waals surface area (Å²) in [6.07, 6.45) is 3.18. The summed E-state index contributed by atoms with van der Waals surface area (Å²) in [6.45, 7) is 2.87. The maximum atomic E-state index is 12.0. The van der Waals surface area contributed by atoms with Crippen LogP contribution in [0.3, 0.4) is 0 Å². The Kier molecular flexibility index (Phi) is 2.91. The monoisotopic (exact) mass is 261 g/mol. The predicted molar refractivity (Wildman–Crippen MR) is 74.4 cm³/mol. The van der Waals surface area contributed by atoms with E-state index in [1.807, 2.05) is 18.4 Å². The number of pyridine rings is 1. The average molecular weight is 261 g/mol. The van der Waals surface area contributed by atoms with Gasteiger partial charge in [0.25, 0.3) is 5.56 Å². The standard InChI is InChI=1S/C13H15N3OS/c1-2-14-13-16-11(7-18-13)9-6-8-4-3-5-10(8)15-12(9)17/h6-7H,2-5H2,1H3,(H,14,16)(H,15,17). The van der Waals surface area contributed by atoms with Gasteiger partial charge in [-0.25, -0.2) is 4.98 Å². The molecule has 4 nitrogen and oxygen atoms in total. The molecule has 0 radical (unpaired) electrons. The summed E-state index contributed by atoms with van der Waals surface area (Å²) in [5.74, 6) is 0. The molecule has 0 fully saturated rings. The molecule has 0 unspecified atom stereocenters. The van der Waals surface area contributed by atoms with Crippen LogP contribution in [-0.2, 0) is 12.8 Å². The van der Waals surface area contributed by atoms with Gasteiger partial charge in [0.15, 0.2) is 5.13 Å². The van der Waals surface area contributed by atoms with Gasteiger partial charge in [-0.05, 0) is 37.8 Å². The number of aromatic nitrogens is 2. The Balaban J connectivity index is 2.03. The van der Waals surface area contributed by atoms with Crippen molar-refractivity contribution < 1.29 is 0 Å². The summed E-state index contributed by atoms with van der Waals surface area (Å²) in [4.78, 5) is 19.5. The number of aryl methyl sites for hydroxylation is 2. The van der Waals surface area contributed by atoms with Gasteiger partial charge in [-0.15, -0.1) is 11.3 Å². The lowest BCUT2D eigenvalue weighted by Crippen LogP contribution is -2.12.